The van der Waals surface area contributed by atoms with Crippen molar-refractivity contribution < 1.29 is 18.7 Å². The zero-order chi connectivity index (χ0) is 22.7. The number of halogens is 3. The molecular formula is C25H25BrF2N2O2. The second-order valence-corrected chi connectivity index (χ2v) is 10.4. The first-order chi connectivity index (χ1) is 15.2. The first-order valence-electron chi connectivity index (χ1n) is 10.9. The highest BCUT2D eigenvalue weighted by Crippen LogP contribution is 2.60. The van der Waals surface area contributed by atoms with Crippen molar-refractivity contribution in [1.82, 2.24) is 9.88 Å². The molecule has 168 valence electrons. The Morgan fingerprint density at radius 1 is 1.25 bits per heavy atom. The van der Waals surface area contributed by atoms with Crippen LogP contribution in [0.25, 0.3) is 10.9 Å². The molecule has 32 heavy (non-hydrogen) atoms. The molecule has 1 saturated carbocycles. The minimum Gasteiger partial charge on any atom is -0.478 e. The number of aromatic amines is 1. The number of nitrogens with zero attached hydrogens (tertiary/aromatic N) is 1. The van der Waals surface area contributed by atoms with Crippen LogP contribution in [0.4, 0.5) is 8.78 Å². The van der Waals surface area contributed by atoms with Crippen molar-refractivity contribution in [2.45, 2.75) is 51.1 Å². The van der Waals surface area contributed by atoms with Gasteiger partial charge >= 0.3 is 5.97 Å². The molecule has 0 unspecified atom stereocenters. The van der Waals surface area contributed by atoms with Gasteiger partial charge in [0, 0.05) is 47.0 Å². The maximum atomic E-state index is 13.8. The van der Waals surface area contributed by atoms with E-state index >= 15 is 0 Å². The Labute approximate surface area is 193 Å². The highest BCUT2D eigenvalue weighted by atomic mass is 79.9. The number of benzene rings is 2. The Kier molecular flexibility index (Phi) is 5.17. The van der Waals surface area contributed by atoms with Crippen LogP contribution >= 0.6 is 15.9 Å². The quantitative estimate of drug-likeness (QED) is 0.417. The summed E-state index contributed by atoms with van der Waals surface area (Å²) >= 11 is 3.74. The number of aryl methyl sites for hydroxylation is 1. The number of hydrogen-bond acceptors (Lipinski definition) is 2. The van der Waals surface area contributed by atoms with Crippen LogP contribution in [-0.2, 0) is 6.54 Å². The summed E-state index contributed by atoms with van der Waals surface area (Å²) < 4.78 is 28.7. The summed E-state index contributed by atoms with van der Waals surface area (Å²) in [6.45, 7) is 3.49. The summed E-state index contributed by atoms with van der Waals surface area (Å²) in [6, 6.07) is 11.1. The standard InChI is InChI=1S/C25H25BrF2N2O2/c1-15-10-20(26)19(18-6-8-29-22(15)18)12-30-9-7-24(13-25(27,28)14-24)11-21(30)16-2-4-17(5-3-16)23(31)32/h2-6,8,10,21,29H,7,9,11-14H2,1H3,(H,31,32)/t21-/m1/s1. The molecule has 2 aliphatic rings. The van der Waals surface area contributed by atoms with Crippen LogP contribution in [0.15, 0.2) is 47.1 Å². The number of carbonyl (C=O) groups is 1. The van der Waals surface area contributed by atoms with Crippen molar-refractivity contribution in [2.75, 3.05) is 6.54 Å². The van der Waals surface area contributed by atoms with E-state index in [2.05, 4.69) is 44.9 Å². The van der Waals surface area contributed by atoms with E-state index in [1.54, 1.807) is 12.1 Å². The maximum Gasteiger partial charge on any atom is 0.335 e. The molecule has 1 atom stereocenters. The number of carboxylic acids is 1. The van der Waals surface area contributed by atoms with Crippen molar-refractivity contribution >= 4 is 32.8 Å². The van der Waals surface area contributed by atoms with Crippen LogP contribution in [0.5, 0.6) is 0 Å². The van der Waals surface area contributed by atoms with Gasteiger partial charge in [0.2, 0.25) is 5.92 Å². The predicted octanol–water partition coefficient (Wildman–Crippen LogP) is 6.69. The largest absolute Gasteiger partial charge is 0.478 e. The highest BCUT2D eigenvalue weighted by Gasteiger charge is 2.58. The fraction of sp³-hybridized carbons (Fsp3) is 0.400. The van der Waals surface area contributed by atoms with E-state index in [0.29, 0.717) is 13.0 Å². The first kappa shape index (κ1) is 21.6. The third-order valence-corrected chi connectivity index (χ3v) is 7.97. The Morgan fingerprint density at radius 2 is 1.97 bits per heavy atom. The van der Waals surface area contributed by atoms with E-state index < -0.39 is 11.9 Å². The molecule has 2 heterocycles. The van der Waals surface area contributed by atoms with E-state index in [-0.39, 0.29) is 29.9 Å². The van der Waals surface area contributed by atoms with Crippen molar-refractivity contribution in [1.29, 1.82) is 0 Å². The van der Waals surface area contributed by atoms with E-state index in [1.807, 2.05) is 18.3 Å². The van der Waals surface area contributed by atoms with Crippen LogP contribution in [-0.4, -0.2) is 33.4 Å². The molecule has 0 radical (unpaired) electrons. The number of alkyl halides is 2. The maximum absolute atomic E-state index is 13.8. The molecule has 0 bridgehead atoms. The number of aromatic carboxylic acids is 1. The molecule has 2 aromatic carbocycles. The fourth-order valence-corrected chi connectivity index (χ4v) is 6.38. The van der Waals surface area contributed by atoms with Crippen LogP contribution in [0, 0.1) is 12.3 Å². The Hall–Kier alpha value is -2.25. The smallest absolute Gasteiger partial charge is 0.335 e. The van der Waals surface area contributed by atoms with Crippen molar-refractivity contribution in [2.24, 2.45) is 5.41 Å². The third-order valence-electron chi connectivity index (χ3n) is 7.27. The predicted molar refractivity (Wildman–Crippen MR) is 123 cm³/mol. The van der Waals surface area contributed by atoms with Crippen LogP contribution in [0.2, 0.25) is 0 Å². The molecular weight excluding hydrogens is 478 g/mol. The lowest BCUT2D eigenvalue weighted by Gasteiger charge is -2.54. The zero-order valence-corrected chi connectivity index (χ0v) is 19.4. The summed E-state index contributed by atoms with van der Waals surface area (Å²) in [5, 5.41) is 10.4. The van der Waals surface area contributed by atoms with Crippen molar-refractivity contribution in [3.63, 3.8) is 0 Å². The SMILES string of the molecule is Cc1cc(Br)c(CN2CCC3(C[C@@H]2c2ccc(C(=O)O)cc2)CC(F)(F)C3)c2cc[nH]c12. The molecule has 0 amide bonds. The molecule has 4 nitrogen and oxygen atoms in total. The van der Waals surface area contributed by atoms with Gasteiger partial charge in [0.1, 0.15) is 0 Å². The molecule has 5 rings (SSSR count). The molecule has 1 saturated heterocycles. The van der Waals surface area contributed by atoms with Gasteiger partial charge < -0.3 is 10.1 Å². The summed E-state index contributed by atoms with van der Waals surface area (Å²) in [5.74, 6) is -3.53. The van der Waals surface area contributed by atoms with Gasteiger partial charge in [-0.05, 0) is 72.7 Å². The lowest BCUT2D eigenvalue weighted by Crippen LogP contribution is -2.53. The van der Waals surface area contributed by atoms with Gasteiger partial charge in [0.25, 0.3) is 0 Å². The Balaban J connectivity index is 1.49. The lowest BCUT2D eigenvalue weighted by atomic mass is 9.59. The number of carboxylic acid groups (broad SMARTS) is 1. The van der Waals surface area contributed by atoms with Crippen molar-refractivity contribution in [3.8, 4) is 0 Å². The number of hydrogen-bond donors (Lipinski definition) is 2. The minimum absolute atomic E-state index is 0.0371. The normalized spacial score (nSPS) is 22.2. The molecule has 1 aromatic heterocycles. The summed E-state index contributed by atoms with van der Waals surface area (Å²) in [5.41, 5.74) is 4.33. The molecule has 2 N–H and O–H groups in total. The van der Waals surface area contributed by atoms with E-state index in [4.69, 9.17) is 0 Å². The fourth-order valence-electron chi connectivity index (χ4n) is 5.70. The summed E-state index contributed by atoms with van der Waals surface area (Å²) in [6.07, 6.45) is 3.26. The van der Waals surface area contributed by atoms with E-state index in [0.717, 1.165) is 39.5 Å². The van der Waals surface area contributed by atoms with Crippen LogP contribution < -0.4 is 0 Å². The number of aromatic nitrogens is 1. The second-order valence-electron chi connectivity index (χ2n) is 9.50. The van der Waals surface area contributed by atoms with Gasteiger partial charge in [-0.25, -0.2) is 13.6 Å². The van der Waals surface area contributed by atoms with Gasteiger partial charge in [-0.15, -0.1) is 0 Å². The monoisotopic (exact) mass is 502 g/mol. The number of likely N-dealkylation sites (tertiary alicyclic amines) is 1. The third kappa shape index (κ3) is 3.75. The van der Waals surface area contributed by atoms with Gasteiger partial charge in [0.05, 0.1) is 5.56 Å². The molecule has 1 aliphatic carbocycles. The number of H-pyrrole nitrogens is 1. The van der Waals surface area contributed by atoms with Gasteiger partial charge in [0.15, 0.2) is 0 Å². The summed E-state index contributed by atoms with van der Waals surface area (Å²) in [7, 11) is 0. The molecule has 3 aromatic rings. The summed E-state index contributed by atoms with van der Waals surface area (Å²) in [4.78, 5) is 17.0. The number of rotatable bonds is 4. The Morgan fingerprint density at radius 3 is 2.62 bits per heavy atom. The van der Waals surface area contributed by atoms with Gasteiger partial charge in [-0.2, -0.15) is 0 Å². The van der Waals surface area contributed by atoms with Crippen LogP contribution in [0.1, 0.15) is 58.8 Å². The average Bonchev–Trinajstić information content (AvgIpc) is 3.21. The molecule has 1 spiro atoms. The number of fused-ring (bicyclic) bond motifs is 1. The lowest BCUT2D eigenvalue weighted by molar-refractivity contribution is -0.186. The minimum atomic E-state index is -2.56. The topological polar surface area (TPSA) is 56.3 Å². The van der Waals surface area contributed by atoms with Gasteiger partial charge in [-0.3, -0.25) is 4.90 Å². The van der Waals surface area contributed by atoms with Crippen molar-refractivity contribution in [3.05, 3.63) is 69.3 Å². The number of nitrogens with one attached hydrogen (secondary N) is 1. The van der Waals surface area contributed by atoms with Crippen LogP contribution in [0.3, 0.4) is 0 Å². The zero-order valence-electron chi connectivity index (χ0n) is 17.8. The second kappa shape index (κ2) is 7.66. The number of piperidine rings is 1. The first-order valence-corrected chi connectivity index (χ1v) is 11.7. The molecule has 2 fully saturated rings. The molecule has 1 aliphatic heterocycles. The molecule has 7 heteroatoms. The van der Waals surface area contributed by atoms with E-state index in [1.165, 1.54) is 5.56 Å². The Bertz CT molecular complexity index is 1180. The average molecular weight is 503 g/mol. The van der Waals surface area contributed by atoms with Gasteiger partial charge in [-0.1, -0.05) is 28.1 Å². The highest BCUT2D eigenvalue weighted by molar-refractivity contribution is 9.10. The van der Waals surface area contributed by atoms with E-state index in [9.17, 15) is 18.7 Å².